The minimum atomic E-state index is -0.628. The van der Waals surface area contributed by atoms with E-state index in [4.69, 9.17) is 10.5 Å². The second-order valence-electron chi connectivity index (χ2n) is 6.05. The van der Waals surface area contributed by atoms with Crippen LogP contribution in [0.1, 0.15) is 33.8 Å². The first-order valence-electron chi connectivity index (χ1n) is 8.20. The van der Waals surface area contributed by atoms with Crippen LogP contribution in [0, 0.1) is 0 Å². The first kappa shape index (κ1) is 17.6. The van der Waals surface area contributed by atoms with Crippen LogP contribution in [0.4, 0.5) is 0 Å². The van der Waals surface area contributed by atoms with Crippen molar-refractivity contribution in [3.63, 3.8) is 0 Å². The van der Waals surface area contributed by atoms with E-state index in [0.717, 1.165) is 17.5 Å². The van der Waals surface area contributed by atoms with Crippen LogP contribution in [0.25, 0.3) is 0 Å². The van der Waals surface area contributed by atoms with E-state index in [-0.39, 0.29) is 29.0 Å². The SMILES string of the molecule is Cn1nc(C(=O)N2CCCC(Oc3ccnc(C(N)=O)c3)C2)ccc1=O. The van der Waals surface area contributed by atoms with Crippen molar-refractivity contribution in [1.82, 2.24) is 19.7 Å². The summed E-state index contributed by atoms with van der Waals surface area (Å²) in [6, 6.07) is 5.87. The lowest BCUT2D eigenvalue weighted by atomic mass is 10.1. The van der Waals surface area contributed by atoms with E-state index in [0.29, 0.717) is 18.8 Å². The van der Waals surface area contributed by atoms with Gasteiger partial charge in [0, 0.05) is 31.9 Å². The Balaban J connectivity index is 1.70. The number of rotatable bonds is 4. The lowest BCUT2D eigenvalue weighted by molar-refractivity contribution is 0.0530. The highest BCUT2D eigenvalue weighted by Crippen LogP contribution is 2.19. The lowest BCUT2D eigenvalue weighted by Crippen LogP contribution is -2.45. The number of amides is 2. The topological polar surface area (TPSA) is 120 Å². The molecule has 3 rings (SSSR count). The van der Waals surface area contributed by atoms with Crippen LogP contribution in [-0.4, -0.2) is 50.7 Å². The normalized spacial score (nSPS) is 17.0. The molecule has 9 heteroatoms. The summed E-state index contributed by atoms with van der Waals surface area (Å²) in [6.07, 6.45) is 2.79. The Morgan fingerprint density at radius 3 is 2.81 bits per heavy atom. The van der Waals surface area contributed by atoms with E-state index in [1.165, 1.54) is 31.4 Å². The number of piperidine rings is 1. The van der Waals surface area contributed by atoms with E-state index < -0.39 is 5.91 Å². The quantitative estimate of drug-likeness (QED) is 0.819. The van der Waals surface area contributed by atoms with Gasteiger partial charge in [-0.15, -0.1) is 0 Å². The number of ether oxygens (including phenoxy) is 1. The van der Waals surface area contributed by atoms with Crippen molar-refractivity contribution in [2.24, 2.45) is 12.8 Å². The van der Waals surface area contributed by atoms with Gasteiger partial charge in [0.15, 0.2) is 0 Å². The van der Waals surface area contributed by atoms with Crippen LogP contribution in [0.5, 0.6) is 5.75 Å². The number of nitrogens with two attached hydrogens (primary N) is 1. The molecule has 1 unspecified atom stereocenters. The number of aryl methyl sites for hydroxylation is 1. The Kier molecular flexibility index (Phi) is 4.97. The number of aromatic nitrogens is 3. The van der Waals surface area contributed by atoms with Gasteiger partial charge in [0.25, 0.3) is 17.4 Å². The number of nitrogens with zero attached hydrogens (tertiary/aromatic N) is 4. The molecule has 1 atom stereocenters. The number of hydrogen-bond donors (Lipinski definition) is 1. The van der Waals surface area contributed by atoms with Crippen LogP contribution in [0.3, 0.4) is 0 Å². The third-order valence-corrected chi connectivity index (χ3v) is 4.13. The molecule has 9 nitrogen and oxygen atoms in total. The van der Waals surface area contributed by atoms with E-state index in [1.54, 1.807) is 11.0 Å². The predicted molar refractivity (Wildman–Crippen MR) is 91.8 cm³/mol. The molecule has 1 saturated heterocycles. The molecule has 1 aliphatic heterocycles. The zero-order valence-corrected chi connectivity index (χ0v) is 14.3. The number of carbonyl (C=O) groups is 2. The first-order chi connectivity index (χ1) is 12.4. The predicted octanol–water partition coefficient (Wildman–Crippen LogP) is -0.0422. The van der Waals surface area contributed by atoms with Crippen LogP contribution in [0.2, 0.25) is 0 Å². The molecular formula is C17H19N5O4. The third kappa shape index (κ3) is 3.88. The molecular weight excluding hydrogens is 338 g/mol. The van der Waals surface area contributed by atoms with Gasteiger partial charge in [-0.2, -0.15) is 5.10 Å². The van der Waals surface area contributed by atoms with Crippen molar-refractivity contribution in [2.75, 3.05) is 13.1 Å². The molecule has 3 heterocycles. The first-order valence-corrected chi connectivity index (χ1v) is 8.20. The average Bonchev–Trinajstić information content (AvgIpc) is 2.64. The van der Waals surface area contributed by atoms with Crippen LogP contribution < -0.4 is 16.0 Å². The maximum absolute atomic E-state index is 12.6. The minimum absolute atomic E-state index is 0.126. The van der Waals surface area contributed by atoms with Crippen LogP contribution in [-0.2, 0) is 7.05 Å². The van der Waals surface area contributed by atoms with E-state index >= 15 is 0 Å². The van der Waals surface area contributed by atoms with Gasteiger partial charge >= 0.3 is 0 Å². The summed E-state index contributed by atoms with van der Waals surface area (Å²) < 4.78 is 7.02. The molecule has 1 fully saturated rings. The van der Waals surface area contributed by atoms with Crippen molar-refractivity contribution in [1.29, 1.82) is 0 Å². The molecule has 2 N–H and O–H groups in total. The Morgan fingerprint density at radius 1 is 1.27 bits per heavy atom. The number of primary amides is 1. The molecule has 26 heavy (non-hydrogen) atoms. The number of likely N-dealkylation sites (tertiary alicyclic amines) is 1. The van der Waals surface area contributed by atoms with Crippen molar-refractivity contribution in [2.45, 2.75) is 18.9 Å². The number of pyridine rings is 1. The second-order valence-corrected chi connectivity index (χ2v) is 6.05. The monoisotopic (exact) mass is 357 g/mol. The number of carbonyl (C=O) groups excluding carboxylic acids is 2. The summed E-state index contributed by atoms with van der Waals surface area (Å²) in [6.45, 7) is 0.976. The molecule has 0 aromatic carbocycles. The smallest absolute Gasteiger partial charge is 0.274 e. The van der Waals surface area contributed by atoms with Crippen LogP contribution >= 0.6 is 0 Å². The fourth-order valence-electron chi connectivity index (χ4n) is 2.81. The Labute approximate surface area is 149 Å². The molecule has 2 aromatic heterocycles. The molecule has 0 aliphatic carbocycles. The Hall–Kier alpha value is -3.23. The van der Waals surface area contributed by atoms with Gasteiger partial charge in [-0.05, 0) is 25.0 Å². The van der Waals surface area contributed by atoms with E-state index in [1.807, 2.05) is 0 Å². The summed E-state index contributed by atoms with van der Waals surface area (Å²) in [4.78, 5) is 40.8. The summed E-state index contributed by atoms with van der Waals surface area (Å²) in [7, 11) is 1.50. The molecule has 2 aromatic rings. The molecule has 1 aliphatic rings. The van der Waals surface area contributed by atoms with Gasteiger partial charge in [0.1, 0.15) is 23.2 Å². The zero-order chi connectivity index (χ0) is 18.7. The van der Waals surface area contributed by atoms with Crippen molar-refractivity contribution in [3.05, 3.63) is 52.2 Å². The molecule has 0 spiro atoms. The van der Waals surface area contributed by atoms with Gasteiger partial charge in [-0.1, -0.05) is 0 Å². The highest BCUT2D eigenvalue weighted by atomic mass is 16.5. The van der Waals surface area contributed by atoms with Gasteiger partial charge in [-0.3, -0.25) is 19.4 Å². The zero-order valence-electron chi connectivity index (χ0n) is 14.3. The van der Waals surface area contributed by atoms with Crippen molar-refractivity contribution < 1.29 is 14.3 Å². The maximum atomic E-state index is 12.6. The fraction of sp³-hybridized carbons (Fsp3) is 0.353. The van der Waals surface area contributed by atoms with Gasteiger partial charge < -0.3 is 15.4 Å². The average molecular weight is 357 g/mol. The lowest BCUT2D eigenvalue weighted by Gasteiger charge is -2.32. The molecule has 136 valence electrons. The van der Waals surface area contributed by atoms with Crippen LogP contribution in [0.15, 0.2) is 35.3 Å². The fourth-order valence-corrected chi connectivity index (χ4v) is 2.81. The highest BCUT2D eigenvalue weighted by molar-refractivity contribution is 5.92. The largest absolute Gasteiger partial charge is 0.488 e. The molecule has 0 radical (unpaired) electrons. The second kappa shape index (κ2) is 7.34. The highest BCUT2D eigenvalue weighted by Gasteiger charge is 2.27. The van der Waals surface area contributed by atoms with Crippen molar-refractivity contribution >= 4 is 11.8 Å². The molecule has 2 amide bonds. The van der Waals surface area contributed by atoms with Gasteiger partial charge in [0.2, 0.25) is 0 Å². The van der Waals surface area contributed by atoms with Gasteiger partial charge in [0.05, 0.1) is 6.54 Å². The van der Waals surface area contributed by atoms with E-state index in [9.17, 15) is 14.4 Å². The number of hydrogen-bond acceptors (Lipinski definition) is 6. The molecule has 0 bridgehead atoms. The summed E-state index contributed by atoms with van der Waals surface area (Å²) in [5, 5.41) is 4.00. The minimum Gasteiger partial charge on any atom is -0.488 e. The Bertz CT molecular complexity index is 895. The standard InChI is InChI=1S/C17H19N5O4/c1-21-15(23)5-4-13(20-21)17(25)22-8-2-3-12(10-22)26-11-6-7-19-14(9-11)16(18)24/h4-7,9,12H,2-3,8,10H2,1H3,(H2,18,24). The van der Waals surface area contributed by atoms with Gasteiger partial charge in [-0.25, -0.2) is 4.68 Å². The van der Waals surface area contributed by atoms with E-state index in [2.05, 4.69) is 10.1 Å². The molecule has 0 saturated carbocycles. The Morgan fingerprint density at radius 2 is 2.08 bits per heavy atom. The summed E-state index contributed by atoms with van der Waals surface area (Å²) in [5.74, 6) is -0.397. The maximum Gasteiger partial charge on any atom is 0.274 e. The van der Waals surface area contributed by atoms with Crippen molar-refractivity contribution in [3.8, 4) is 5.75 Å². The summed E-state index contributed by atoms with van der Waals surface area (Å²) in [5.41, 5.74) is 5.29. The third-order valence-electron chi connectivity index (χ3n) is 4.13. The summed E-state index contributed by atoms with van der Waals surface area (Å²) >= 11 is 0.